The highest BCUT2D eigenvalue weighted by Gasteiger charge is 2.49. The zero-order chi connectivity index (χ0) is 58.9. The summed E-state index contributed by atoms with van der Waals surface area (Å²) >= 11 is 0. The quantitative estimate of drug-likeness (QED) is 0.0482. The minimum atomic E-state index is -4.42. The maximum atomic E-state index is 13.6. The number of nitrogens with one attached hydrogen (secondary N) is 2. The van der Waals surface area contributed by atoms with E-state index in [0.717, 1.165) is 72.4 Å². The number of H-pyrrole nitrogens is 2. The van der Waals surface area contributed by atoms with Crippen LogP contribution < -0.4 is 11.5 Å². The summed E-state index contributed by atoms with van der Waals surface area (Å²) in [6, 6.07) is 14.6. The van der Waals surface area contributed by atoms with E-state index in [0.29, 0.717) is 60.0 Å². The number of aromatic amines is 2. The van der Waals surface area contributed by atoms with E-state index < -0.39 is 61.8 Å². The maximum absolute atomic E-state index is 13.6. The summed E-state index contributed by atoms with van der Waals surface area (Å²) in [6.07, 6.45) is 0.130. The Hall–Kier alpha value is -6.38. The molecule has 2 saturated carbocycles. The van der Waals surface area contributed by atoms with E-state index in [9.17, 15) is 33.6 Å². The minimum absolute atomic E-state index is 0.0292. The number of ether oxygens (including phenoxy) is 2. The molecule has 0 bridgehead atoms. The number of hydrogen-bond acceptors (Lipinski definition) is 17. The molecule has 10 N–H and O–H groups in total. The van der Waals surface area contributed by atoms with E-state index in [-0.39, 0.29) is 41.0 Å². The smallest absolute Gasteiger partial charge is 0.387 e. The van der Waals surface area contributed by atoms with Crippen LogP contribution in [0, 0.1) is 11.8 Å². The fourth-order valence-corrected chi connectivity index (χ4v) is 12.5. The molecule has 2 aliphatic carbocycles. The molecule has 0 radical (unpaired) electrons. The molecule has 2 aromatic carbocycles. The van der Waals surface area contributed by atoms with Crippen LogP contribution >= 0.6 is 0 Å². The van der Waals surface area contributed by atoms with Crippen LogP contribution in [0.25, 0.3) is 44.3 Å². The largest absolute Gasteiger partial charge is 0.401 e. The van der Waals surface area contributed by atoms with Crippen molar-refractivity contribution in [3.63, 3.8) is 0 Å². The van der Waals surface area contributed by atoms with Crippen LogP contribution in [0.5, 0.6) is 0 Å². The topological polar surface area (TPSA) is 290 Å². The van der Waals surface area contributed by atoms with Crippen LogP contribution in [-0.2, 0) is 33.1 Å². The molecule has 8 heterocycles. The summed E-state index contributed by atoms with van der Waals surface area (Å²) < 4.78 is 56.2. The van der Waals surface area contributed by atoms with Gasteiger partial charge < -0.3 is 55.9 Å². The van der Waals surface area contributed by atoms with E-state index in [1.807, 2.05) is 6.07 Å². The normalized spacial score (nSPS) is 26.8. The van der Waals surface area contributed by atoms with E-state index in [4.69, 9.17) is 30.9 Å². The van der Waals surface area contributed by atoms with Gasteiger partial charge in [-0.3, -0.25) is 14.4 Å². The summed E-state index contributed by atoms with van der Waals surface area (Å²) in [5.74, 6) is 3.36. The zero-order valence-corrected chi connectivity index (χ0v) is 48.1. The van der Waals surface area contributed by atoms with E-state index in [1.165, 1.54) is 39.6 Å². The average Bonchev–Trinajstić information content (AvgIpc) is 3.28. The Morgan fingerprint density at radius 1 is 0.627 bits per heavy atom. The molecule has 0 spiro atoms. The third kappa shape index (κ3) is 12.3. The van der Waals surface area contributed by atoms with Crippen molar-refractivity contribution >= 4 is 55.9 Å². The van der Waals surface area contributed by atoms with Gasteiger partial charge in [-0.15, -0.1) is 0 Å². The van der Waals surface area contributed by atoms with Gasteiger partial charge in [0.2, 0.25) is 0 Å². The van der Waals surface area contributed by atoms with Gasteiger partial charge in [0, 0.05) is 44.2 Å². The number of fused-ring (bicyclic) bond motifs is 4. The maximum Gasteiger partial charge on any atom is 0.401 e. The van der Waals surface area contributed by atoms with Crippen LogP contribution in [0.4, 0.5) is 24.8 Å². The van der Waals surface area contributed by atoms with E-state index in [1.54, 1.807) is 16.8 Å². The van der Waals surface area contributed by atoms with Crippen molar-refractivity contribution < 1.29 is 43.1 Å². The lowest BCUT2D eigenvalue weighted by Gasteiger charge is -2.44. The van der Waals surface area contributed by atoms with Crippen LogP contribution in [0.2, 0.25) is 0 Å². The third-order valence-corrected chi connectivity index (χ3v) is 17.6. The Balaban J connectivity index is 0.000000174. The Bertz CT molecular complexity index is 3540. The van der Waals surface area contributed by atoms with Crippen LogP contribution in [0.3, 0.4) is 0 Å². The van der Waals surface area contributed by atoms with Gasteiger partial charge in [-0.2, -0.15) is 13.2 Å². The molecular weight excluding hydrogens is 1070 g/mol. The first-order valence-electron chi connectivity index (χ1n) is 28.9. The number of aryl methyl sites for hydroxylation is 2. The molecule has 6 aromatic heterocycles. The van der Waals surface area contributed by atoms with Gasteiger partial charge in [-0.25, -0.2) is 34.9 Å². The fraction of sp³-hybridized carbons (Fsp3) is 0.576. The number of hydrogen-bond donors (Lipinski definition) is 8. The first kappa shape index (κ1) is 58.4. The number of nitrogens with two attached hydrogens (primary N) is 2. The molecule has 0 unspecified atom stereocenters. The number of benzene rings is 2. The van der Waals surface area contributed by atoms with E-state index in [2.05, 4.69) is 119 Å². The predicted octanol–water partition coefficient (Wildman–Crippen LogP) is 7.02. The zero-order valence-electron chi connectivity index (χ0n) is 48.1. The molecule has 21 nitrogen and oxygen atoms in total. The second-order valence-electron chi connectivity index (χ2n) is 25.4. The molecule has 0 amide bonds. The van der Waals surface area contributed by atoms with Crippen molar-refractivity contribution in [2.24, 2.45) is 11.8 Å². The van der Waals surface area contributed by atoms with Crippen molar-refractivity contribution in [2.75, 3.05) is 37.6 Å². The molecule has 446 valence electrons. The Labute approximate surface area is 479 Å². The summed E-state index contributed by atoms with van der Waals surface area (Å²) in [5.41, 5.74) is 19.8. The highest BCUT2D eigenvalue weighted by molar-refractivity contribution is 5.86. The Kier molecular flexibility index (Phi) is 16.1. The summed E-state index contributed by atoms with van der Waals surface area (Å²) in [6.45, 7) is 15.4. The number of nitrogens with zero attached hydrogens (tertiary/aromatic N) is 11. The molecule has 12 rings (SSSR count). The molecule has 2 aliphatic heterocycles. The van der Waals surface area contributed by atoms with Gasteiger partial charge in [0.25, 0.3) is 0 Å². The van der Waals surface area contributed by atoms with Gasteiger partial charge in [-0.1, -0.05) is 60.6 Å². The molecular formula is C59H78F3N15O6. The summed E-state index contributed by atoms with van der Waals surface area (Å²) in [4.78, 5) is 40.8. The lowest BCUT2D eigenvalue weighted by Crippen LogP contribution is -2.52. The molecule has 8 atom stereocenters. The number of likely N-dealkylation sites (N-methyl/N-ethyl adjacent to an activating group) is 1. The lowest BCUT2D eigenvalue weighted by molar-refractivity contribution is -0.163. The van der Waals surface area contributed by atoms with Crippen molar-refractivity contribution in [3.05, 3.63) is 90.4 Å². The van der Waals surface area contributed by atoms with E-state index >= 15 is 0 Å². The number of anilines is 2. The molecule has 4 aliphatic rings. The van der Waals surface area contributed by atoms with Crippen molar-refractivity contribution in [2.45, 2.75) is 178 Å². The number of alkyl halides is 3. The Morgan fingerprint density at radius 3 is 1.64 bits per heavy atom. The van der Waals surface area contributed by atoms with Crippen molar-refractivity contribution in [1.82, 2.24) is 63.8 Å². The lowest BCUT2D eigenvalue weighted by atomic mass is 9.76. The number of imidazole rings is 3. The molecule has 4 fully saturated rings. The van der Waals surface area contributed by atoms with Gasteiger partial charge >= 0.3 is 6.18 Å². The standard InChI is InChI=1S/C30H38F3N7O3.C29H40N8O3/c1-29(2,3)17-5-6-20-21(12-17)38-23(37-20)7-4-16-10-18(11-16)39(14-30(31,32)33)13-22-24(41)25(42)28(43-22)40-9-8-19-26(34)35-15-36-27(19)40;1-5-36(13-21-24(38)25(39)28(40-21)37-15-33-23-26(30)31-14-32-27(23)37)18-10-16(11-18)6-9-22-34-19-8-7-17(29(2,3)4)12-20(19)35-22/h5-6,8-9,12,15-16,18,22,24-25,28,41-42H,4,7,10-11,13-14H2,1-3H3,(H,37,38)(H2,34,35,36);7-8,12,14-16,18,21,24-25,28,38-39H,5-6,9-11,13H2,1-4H3,(H,34,35)(H2,30,31,32)/t16?,18?,22-,24-,25-,28-;16?,18?,21-,24-,25-,28-/m11/s1. The predicted molar refractivity (Wildman–Crippen MR) is 308 cm³/mol. The van der Waals surface area contributed by atoms with Crippen LogP contribution in [0.1, 0.15) is 122 Å². The number of aliphatic hydroxyl groups is 4. The fourth-order valence-electron chi connectivity index (χ4n) is 12.5. The average molecular weight is 1150 g/mol. The first-order chi connectivity index (χ1) is 39.4. The molecule has 8 aromatic rings. The highest BCUT2D eigenvalue weighted by Crippen LogP contribution is 2.41. The van der Waals surface area contributed by atoms with Crippen LogP contribution in [-0.4, -0.2) is 165 Å². The van der Waals surface area contributed by atoms with Crippen LogP contribution in [0.15, 0.2) is 67.6 Å². The highest BCUT2D eigenvalue weighted by atomic mass is 19.4. The van der Waals surface area contributed by atoms with Crippen molar-refractivity contribution in [1.29, 1.82) is 0 Å². The Morgan fingerprint density at radius 2 is 1.12 bits per heavy atom. The van der Waals surface area contributed by atoms with Gasteiger partial charge in [0.1, 0.15) is 77.9 Å². The monoisotopic (exact) mass is 1150 g/mol. The first-order valence-corrected chi connectivity index (χ1v) is 28.9. The SMILES string of the molecule is CC(C)(C)c1ccc2nc(CCC3CC(N(C[C@H]4O[C@@H](n5ccc6c(N)ncnc65)[C@H](O)[C@@H]4O)CC(F)(F)F)C3)[nH]c2c1.CCN(C[C@H]1O[C@@H](n2cnc3c(N)ncnc32)[C@H](O)[C@@H]1O)C1CC(CCc2nc3ccc(C(C)(C)C)cc3[nH]2)C1. The molecule has 24 heteroatoms. The van der Waals surface area contributed by atoms with Crippen molar-refractivity contribution in [3.8, 4) is 0 Å². The molecule has 83 heavy (non-hydrogen) atoms. The van der Waals surface area contributed by atoms with Gasteiger partial charge in [-0.05, 0) is 109 Å². The number of aliphatic hydroxyl groups excluding tert-OH is 4. The third-order valence-electron chi connectivity index (χ3n) is 17.6. The van der Waals surface area contributed by atoms with Gasteiger partial charge in [0.15, 0.2) is 23.9 Å². The number of rotatable bonds is 16. The van der Waals surface area contributed by atoms with Gasteiger partial charge in [0.05, 0.1) is 40.3 Å². The minimum Gasteiger partial charge on any atom is -0.387 e. The number of halogens is 3. The summed E-state index contributed by atoms with van der Waals surface area (Å²) in [5, 5.41) is 43.8. The summed E-state index contributed by atoms with van der Waals surface area (Å²) in [7, 11) is 0. The number of nitrogen functional groups attached to an aromatic ring is 2. The second kappa shape index (κ2) is 22.9. The second-order valence-corrected chi connectivity index (χ2v) is 25.4. The number of aromatic nitrogens is 11. The molecule has 2 saturated heterocycles.